The van der Waals surface area contributed by atoms with Crippen LogP contribution in [0, 0.1) is 12.8 Å². The van der Waals surface area contributed by atoms with Gasteiger partial charge >= 0.3 is 0 Å². The van der Waals surface area contributed by atoms with Crippen LogP contribution >= 0.6 is 0 Å². The minimum atomic E-state index is 0.223. The van der Waals surface area contributed by atoms with E-state index in [0.29, 0.717) is 0 Å². The monoisotopic (exact) mass is 263 g/mol. The van der Waals surface area contributed by atoms with Crippen LogP contribution in [0.4, 0.5) is 5.69 Å². The molecule has 0 unspecified atom stereocenters. The van der Waals surface area contributed by atoms with Crippen LogP contribution < -0.4 is 10.1 Å². The summed E-state index contributed by atoms with van der Waals surface area (Å²) in [5.41, 5.74) is 2.45. The lowest BCUT2D eigenvalue weighted by molar-refractivity contribution is 0.0699. The molecule has 1 aromatic carbocycles. The molecule has 1 saturated heterocycles. The summed E-state index contributed by atoms with van der Waals surface area (Å²) in [5.74, 6) is 1.68. The average Bonchev–Trinajstić information content (AvgIpc) is 2.38. The Morgan fingerprint density at radius 1 is 1.32 bits per heavy atom. The first kappa shape index (κ1) is 14.2. The Labute approximate surface area is 116 Å². The predicted molar refractivity (Wildman–Crippen MR) is 79.0 cm³/mol. The van der Waals surface area contributed by atoms with Gasteiger partial charge in [-0.25, -0.2) is 0 Å². The Morgan fingerprint density at radius 3 is 2.68 bits per heavy atom. The second kappa shape index (κ2) is 6.80. The van der Waals surface area contributed by atoms with Crippen LogP contribution in [-0.4, -0.2) is 25.9 Å². The summed E-state index contributed by atoms with van der Waals surface area (Å²) in [5, 5.41) is 3.55. The van der Waals surface area contributed by atoms with Crippen molar-refractivity contribution in [2.45, 2.75) is 39.7 Å². The fourth-order valence-electron chi connectivity index (χ4n) is 2.38. The van der Waals surface area contributed by atoms with Gasteiger partial charge in [0, 0.05) is 25.4 Å². The molecule has 1 heterocycles. The second-order valence-corrected chi connectivity index (χ2v) is 5.58. The van der Waals surface area contributed by atoms with Crippen molar-refractivity contribution in [1.82, 2.24) is 0 Å². The van der Waals surface area contributed by atoms with Gasteiger partial charge in [0.2, 0.25) is 0 Å². The van der Waals surface area contributed by atoms with Gasteiger partial charge in [0.05, 0.1) is 6.10 Å². The van der Waals surface area contributed by atoms with Gasteiger partial charge in [-0.15, -0.1) is 0 Å². The minimum absolute atomic E-state index is 0.223. The number of rotatable bonds is 5. The van der Waals surface area contributed by atoms with Crippen LogP contribution in [0.25, 0.3) is 0 Å². The zero-order valence-electron chi connectivity index (χ0n) is 12.2. The number of anilines is 1. The summed E-state index contributed by atoms with van der Waals surface area (Å²) in [7, 11) is 0. The molecule has 3 heteroatoms. The maximum Gasteiger partial charge on any atom is 0.120 e. The number of ether oxygens (including phenoxy) is 2. The third kappa shape index (κ3) is 4.43. The van der Waals surface area contributed by atoms with Crippen molar-refractivity contribution in [2.75, 3.05) is 25.1 Å². The van der Waals surface area contributed by atoms with Crippen molar-refractivity contribution in [3.05, 3.63) is 23.8 Å². The highest BCUT2D eigenvalue weighted by atomic mass is 16.5. The van der Waals surface area contributed by atoms with Gasteiger partial charge in [-0.3, -0.25) is 0 Å². The van der Waals surface area contributed by atoms with Crippen molar-refractivity contribution in [3.8, 4) is 5.75 Å². The molecule has 1 aromatic rings. The Morgan fingerprint density at radius 2 is 2.05 bits per heavy atom. The molecule has 19 heavy (non-hydrogen) atoms. The van der Waals surface area contributed by atoms with Crippen molar-refractivity contribution < 1.29 is 9.47 Å². The van der Waals surface area contributed by atoms with E-state index in [4.69, 9.17) is 9.47 Å². The smallest absolute Gasteiger partial charge is 0.120 e. The summed E-state index contributed by atoms with van der Waals surface area (Å²) >= 11 is 0. The topological polar surface area (TPSA) is 30.5 Å². The quantitative estimate of drug-likeness (QED) is 0.880. The first-order valence-electron chi connectivity index (χ1n) is 7.24. The van der Waals surface area contributed by atoms with E-state index >= 15 is 0 Å². The first-order valence-corrected chi connectivity index (χ1v) is 7.24. The molecule has 3 nitrogen and oxygen atoms in total. The SMILES string of the molecule is Cc1cc(OC(C)C)ccc1NCC1CCOCC1. The Hall–Kier alpha value is -1.22. The number of hydrogen-bond acceptors (Lipinski definition) is 3. The molecule has 0 aromatic heterocycles. The number of aryl methyl sites for hydroxylation is 1. The van der Waals surface area contributed by atoms with E-state index in [1.807, 2.05) is 19.9 Å². The first-order chi connectivity index (χ1) is 9.15. The Kier molecular flexibility index (Phi) is 5.08. The van der Waals surface area contributed by atoms with Crippen molar-refractivity contribution in [3.63, 3.8) is 0 Å². The van der Waals surface area contributed by atoms with E-state index < -0.39 is 0 Å². The summed E-state index contributed by atoms with van der Waals surface area (Å²) in [6.45, 7) is 9.08. The lowest BCUT2D eigenvalue weighted by Crippen LogP contribution is -2.22. The fraction of sp³-hybridized carbons (Fsp3) is 0.625. The molecule has 0 bridgehead atoms. The van der Waals surface area contributed by atoms with Gasteiger partial charge in [0.25, 0.3) is 0 Å². The third-order valence-electron chi connectivity index (χ3n) is 3.49. The molecule has 2 rings (SSSR count). The molecule has 1 aliphatic rings. The van der Waals surface area contributed by atoms with Crippen molar-refractivity contribution in [2.24, 2.45) is 5.92 Å². The van der Waals surface area contributed by atoms with E-state index in [-0.39, 0.29) is 6.10 Å². The highest BCUT2D eigenvalue weighted by Gasteiger charge is 2.13. The molecular weight excluding hydrogens is 238 g/mol. The highest BCUT2D eigenvalue weighted by molar-refractivity contribution is 5.53. The van der Waals surface area contributed by atoms with E-state index in [2.05, 4.69) is 24.4 Å². The Bertz CT molecular complexity index is 398. The van der Waals surface area contributed by atoms with Gasteiger partial charge < -0.3 is 14.8 Å². The zero-order chi connectivity index (χ0) is 13.7. The number of hydrogen-bond donors (Lipinski definition) is 1. The van der Waals surface area contributed by atoms with Gasteiger partial charge in [-0.1, -0.05) is 0 Å². The average molecular weight is 263 g/mol. The lowest BCUT2D eigenvalue weighted by atomic mass is 10.0. The normalized spacial score (nSPS) is 16.6. The predicted octanol–water partition coefficient (Wildman–Crippen LogP) is 3.62. The van der Waals surface area contributed by atoms with E-state index in [0.717, 1.165) is 31.4 Å². The van der Waals surface area contributed by atoms with Crippen LogP contribution in [0.1, 0.15) is 32.3 Å². The standard InChI is InChI=1S/C16H25NO2/c1-12(2)19-15-4-5-16(13(3)10-15)17-11-14-6-8-18-9-7-14/h4-5,10,12,14,17H,6-9,11H2,1-3H3. The number of nitrogens with one attached hydrogen (secondary N) is 1. The molecular formula is C16H25NO2. The summed E-state index contributed by atoms with van der Waals surface area (Å²) in [4.78, 5) is 0. The van der Waals surface area contributed by atoms with Gasteiger partial charge in [0.15, 0.2) is 0 Å². The van der Waals surface area contributed by atoms with E-state index in [1.54, 1.807) is 0 Å². The number of benzene rings is 1. The zero-order valence-corrected chi connectivity index (χ0v) is 12.2. The Balaban J connectivity index is 1.89. The van der Waals surface area contributed by atoms with Gasteiger partial charge in [-0.05, 0) is 63.3 Å². The maximum atomic E-state index is 5.70. The molecule has 0 saturated carbocycles. The molecule has 0 aliphatic carbocycles. The van der Waals surface area contributed by atoms with Gasteiger partial charge in [-0.2, -0.15) is 0 Å². The molecule has 0 spiro atoms. The van der Waals surface area contributed by atoms with Crippen LogP contribution in [0.15, 0.2) is 18.2 Å². The lowest BCUT2D eigenvalue weighted by Gasteiger charge is -2.23. The third-order valence-corrected chi connectivity index (χ3v) is 3.49. The summed E-state index contributed by atoms with van der Waals surface area (Å²) < 4.78 is 11.1. The van der Waals surface area contributed by atoms with Crippen LogP contribution in [0.2, 0.25) is 0 Å². The second-order valence-electron chi connectivity index (χ2n) is 5.58. The molecule has 1 N–H and O–H groups in total. The van der Waals surface area contributed by atoms with Crippen molar-refractivity contribution in [1.29, 1.82) is 0 Å². The highest BCUT2D eigenvalue weighted by Crippen LogP contribution is 2.23. The van der Waals surface area contributed by atoms with Crippen molar-refractivity contribution >= 4 is 5.69 Å². The summed E-state index contributed by atoms with van der Waals surface area (Å²) in [6, 6.07) is 6.26. The van der Waals surface area contributed by atoms with Crippen LogP contribution in [0.5, 0.6) is 5.75 Å². The van der Waals surface area contributed by atoms with Crippen LogP contribution in [0.3, 0.4) is 0 Å². The molecule has 0 atom stereocenters. The molecule has 0 radical (unpaired) electrons. The van der Waals surface area contributed by atoms with E-state index in [1.165, 1.54) is 24.1 Å². The fourth-order valence-corrected chi connectivity index (χ4v) is 2.38. The molecule has 0 amide bonds. The minimum Gasteiger partial charge on any atom is -0.491 e. The largest absolute Gasteiger partial charge is 0.491 e. The molecule has 1 fully saturated rings. The molecule has 1 aliphatic heterocycles. The molecule has 106 valence electrons. The van der Waals surface area contributed by atoms with Crippen LogP contribution in [-0.2, 0) is 4.74 Å². The van der Waals surface area contributed by atoms with E-state index in [9.17, 15) is 0 Å². The summed E-state index contributed by atoms with van der Waals surface area (Å²) in [6.07, 6.45) is 2.56. The maximum absolute atomic E-state index is 5.70. The van der Waals surface area contributed by atoms with Gasteiger partial charge in [0.1, 0.15) is 5.75 Å².